The number of carbonyl (C=O) groups is 1. The zero-order chi connectivity index (χ0) is 19.6. The van der Waals surface area contributed by atoms with Gasteiger partial charge in [-0.1, -0.05) is 58.2 Å². The molecular formula is C15H14Cl4N4O3S. The molecule has 0 spiro atoms. The summed E-state index contributed by atoms with van der Waals surface area (Å²) in [6.07, 6.45) is 1.82. The van der Waals surface area contributed by atoms with Crippen molar-refractivity contribution in [2.45, 2.75) is 30.6 Å². The van der Waals surface area contributed by atoms with Gasteiger partial charge >= 0.3 is 5.69 Å². The van der Waals surface area contributed by atoms with Crippen LogP contribution in [0.2, 0.25) is 20.1 Å². The Morgan fingerprint density at radius 1 is 1.33 bits per heavy atom. The molecule has 3 rings (SSSR count). The molecule has 1 atom stereocenters. The first-order valence-electron chi connectivity index (χ1n) is 7.89. The van der Waals surface area contributed by atoms with Crippen molar-refractivity contribution in [2.24, 2.45) is 0 Å². The second-order valence-corrected chi connectivity index (χ2v) is 8.25. The third-order valence-electron chi connectivity index (χ3n) is 3.84. The third-order valence-corrected chi connectivity index (χ3v) is 6.39. The highest BCUT2D eigenvalue weighted by Crippen LogP contribution is 2.41. The SMILES string of the molecule is O=C(CSc1n[nH]c(=O)n1CC1CCCO1)Nc1c(Cl)c(Cl)cc(Cl)c1Cl. The number of hydrogen-bond donors (Lipinski definition) is 2. The number of H-pyrrole nitrogens is 1. The molecule has 27 heavy (non-hydrogen) atoms. The fourth-order valence-electron chi connectivity index (χ4n) is 2.55. The number of thioether (sulfide) groups is 1. The average Bonchev–Trinajstić information content (AvgIpc) is 3.26. The Hall–Kier alpha value is -0.900. The van der Waals surface area contributed by atoms with Gasteiger partial charge in [0.25, 0.3) is 0 Å². The van der Waals surface area contributed by atoms with Crippen LogP contribution in [0.25, 0.3) is 0 Å². The Labute approximate surface area is 178 Å². The van der Waals surface area contributed by atoms with Crippen molar-refractivity contribution >= 4 is 69.8 Å². The largest absolute Gasteiger partial charge is 0.376 e. The van der Waals surface area contributed by atoms with Crippen LogP contribution in [0.15, 0.2) is 16.0 Å². The molecule has 1 aliphatic rings. The zero-order valence-electron chi connectivity index (χ0n) is 13.7. The monoisotopic (exact) mass is 470 g/mol. The molecule has 0 saturated carbocycles. The maximum absolute atomic E-state index is 12.3. The minimum atomic E-state index is -0.402. The number of aromatic nitrogens is 3. The molecule has 0 radical (unpaired) electrons. The summed E-state index contributed by atoms with van der Waals surface area (Å²) < 4.78 is 7.01. The lowest BCUT2D eigenvalue weighted by molar-refractivity contribution is -0.113. The van der Waals surface area contributed by atoms with E-state index in [2.05, 4.69) is 15.5 Å². The molecular weight excluding hydrogens is 458 g/mol. The van der Waals surface area contributed by atoms with E-state index in [1.165, 1.54) is 10.6 Å². The predicted octanol–water partition coefficient (Wildman–Crippen LogP) is 4.09. The molecule has 2 N–H and O–H groups in total. The Balaban J connectivity index is 1.66. The van der Waals surface area contributed by atoms with Crippen LogP contribution in [0.3, 0.4) is 0 Å². The van der Waals surface area contributed by atoms with Crippen molar-refractivity contribution in [1.82, 2.24) is 14.8 Å². The fraction of sp³-hybridized carbons (Fsp3) is 0.400. The Bertz CT molecular complexity index is 885. The maximum atomic E-state index is 12.3. The van der Waals surface area contributed by atoms with E-state index in [0.717, 1.165) is 24.6 Å². The van der Waals surface area contributed by atoms with E-state index in [1.807, 2.05) is 0 Å². The molecule has 1 unspecified atom stereocenters. The quantitative estimate of drug-likeness (QED) is 0.489. The van der Waals surface area contributed by atoms with Gasteiger partial charge in [-0.05, 0) is 18.9 Å². The highest BCUT2D eigenvalue weighted by Gasteiger charge is 2.21. The number of nitrogens with zero attached hydrogens (tertiary/aromatic N) is 2. The molecule has 2 aromatic rings. The molecule has 0 bridgehead atoms. The van der Waals surface area contributed by atoms with Crippen LogP contribution in [0.1, 0.15) is 12.8 Å². The number of anilines is 1. The first kappa shape index (κ1) is 20.8. The molecule has 2 heterocycles. The molecule has 1 aliphatic heterocycles. The van der Waals surface area contributed by atoms with Gasteiger partial charge in [-0.2, -0.15) is 0 Å². The molecule has 1 fully saturated rings. The Kier molecular flexibility index (Phi) is 6.99. The van der Waals surface area contributed by atoms with E-state index in [1.54, 1.807) is 0 Å². The van der Waals surface area contributed by atoms with Gasteiger partial charge in [-0.15, -0.1) is 5.10 Å². The molecule has 7 nitrogen and oxygen atoms in total. The van der Waals surface area contributed by atoms with Gasteiger partial charge in [-0.3, -0.25) is 9.36 Å². The summed E-state index contributed by atoms with van der Waals surface area (Å²) >= 11 is 25.2. The average molecular weight is 472 g/mol. The lowest BCUT2D eigenvalue weighted by atomic mass is 10.2. The number of rotatable bonds is 6. The molecule has 12 heteroatoms. The van der Waals surface area contributed by atoms with E-state index in [0.29, 0.717) is 18.3 Å². The summed E-state index contributed by atoms with van der Waals surface area (Å²) in [5.74, 6) is -0.423. The third kappa shape index (κ3) is 4.93. The van der Waals surface area contributed by atoms with Gasteiger partial charge in [0.15, 0.2) is 5.16 Å². The van der Waals surface area contributed by atoms with E-state index < -0.39 is 5.91 Å². The van der Waals surface area contributed by atoms with E-state index in [-0.39, 0.29) is 43.3 Å². The smallest absolute Gasteiger partial charge is 0.344 e. The number of hydrogen-bond acceptors (Lipinski definition) is 5. The van der Waals surface area contributed by atoms with Gasteiger partial charge in [0.1, 0.15) is 0 Å². The van der Waals surface area contributed by atoms with Gasteiger partial charge < -0.3 is 10.1 Å². The predicted molar refractivity (Wildman–Crippen MR) is 108 cm³/mol. The first-order chi connectivity index (χ1) is 12.9. The van der Waals surface area contributed by atoms with Crippen molar-refractivity contribution in [3.63, 3.8) is 0 Å². The van der Waals surface area contributed by atoms with Crippen LogP contribution < -0.4 is 11.0 Å². The van der Waals surface area contributed by atoms with E-state index in [9.17, 15) is 9.59 Å². The number of ether oxygens (including phenoxy) is 1. The summed E-state index contributed by atoms with van der Waals surface area (Å²) in [5, 5.41) is 9.87. The van der Waals surface area contributed by atoms with Gasteiger partial charge in [0.05, 0.1) is 44.2 Å². The topological polar surface area (TPSA) is 89.0 Å². The second-order valence-electron chi connectivity index (χ2n) is 5.74. The number of nitrogens with one attached hydrogen (secondary N) is 2. The number of benzene rings is 1. The zero-order valence-corrected chi connectivity index (χ0v) is 17.6. The Morgan fingerprint density at radius 2 is 2.04 bits per heavy atom. The van der Waals surface area contributed by atoms with E-state index in [4.69, 9.17) is 51.1 Å². The summed E-state index contributed by atoms with van der Waals surface area (Å²) in [5.41, 5.74) is -0.207. The first-order valence-corrected chi connectivity index (χ1v) is 10.4. The molecule has 1 aromatic heterocycles. The van der Waals surface area contributed by atoms with Crippen LogP contribution in [0.4, 0.5) is 5.69 Å². The number of amides is 1. The van der Waals surface area contributed by atoms with Crippen LogP contribution in [0.5, 0.6) is 0 Å². The highest BCUT2D eigenvalue weighted by molar-refractivity contribution is 7.99. The van der Waals surface area contributed by atoms with Crippen LogP contribution >= 0.6 is 58.2 Å². The van der Waals surface area contributed by atoms with Crippen LogP contribution in [-0.2, 0) is 16.1 Å². The van der Waals surface area contributed by atoms with Gasteiger partial charge in [-0.25, -0.2) is 9.89 Å². The summed E-state index contributed by atoms with van der Waals surface area (Å²) in [4.78, 5) is 24.2. The van der Waals surface area contributed by atoms with E-state index >= 15 is 0 Å². The van der Waals surface area contributed by atoms with Crippen molar-refractivity contribution in [2.75, 3.05) is 17.7 Å². The van der Waals surface area contributed by atoms with Gasteiger partial charge in [0, 0.05) is 6.61 Å². The standard InChI is InChI=1S/C15H14Cl4N4O3S/c16-8-4-9(17)12(19)13(11(8)18)20-10(24)6-27-15-22-21-14(25)23(15)5-7-2-1-3-26-7/h4,7H,1-3,5-6H2,(H,20,24)(H,21,25). The van der Waals surface area contributed by atoms with Crippen molar-refractivity contribution in [1.29, 1.82) is 0 Å². The molecule has 1 saturated heterocycles. The number of aromatic amines is 1. The fourth-order valence-corrected chi connectivity index (χ4v) is 4.21. The molecule has 1 aromatic carbocycles. The highest BCUT2D eigenvalue weighted by atomic mass is 35.5. The molecule has 146 valence electrons. The normalized spacial score (nSPS) is 16.7. The maximum Gasteiger partial charge on any atom is 0.344 e. The Morgan fingerprint density at radius 3 is 2.67 bits per heavy atom. The number of halogens is 4. The lowest BCUT2D eigenvalue weighted by Gasteiger charge is -2.12. The summed E-state index contributed by atoms with van der Waals surface area (Å²) in [7, 11) is 0. The van der Waals surface area contributed by atoms with Crippen LogP contribution in [0, 0.1) is 0 Å². The summed E-state index contributed by atoms with van der Waals surface area (Å²) in [6.45, 7) is 1.08. The summed E-state index contributed by atoms with van der Waals surface area (Å²) in [6, 6.07) is 1.39. The van der Waals surface area contributed by atoms with Crippen molar-refractivity contribution in [3.05, 3.63) is 36.6 Å². The van der Waals surface area contributed by atoms with Crippen LogP contribution in [-0.4, -0.2) is 39.1 Å². The minimum Gasteiger partial charge on any atom is -0.376 e. The second kappa shape index (κ2) is 9.07. The molecule has 1 amide bonds. The minimum absolute atomic E-state index is 0.0212. The molecule has 0 aliphatic carbocycles. The lowest BCUT2D eigenvalue weighted by Crippen LogP contribution is -2.25. The van der Waals surface area contributed by atoms with Crippen molar-refractivity contribution < 1.29 is 9.53 Å². The van der Waals surface area contributed by atoms with Gasteiger partial charge in [0.2, 0.25) is 5.91 Å². The van der Waals surface area contributed by atoms with Crippen molar-refractivity contribution in [3.8, 4) is 0 Å². The number of carbonyl (C=O) groups excluding carboxylic acids is 1.